The molecule has 4 rings (SSSR count). The highest BCUT2D eigenvalue weighted by molar-refractivity contribution is 7.15. The maximum absolute atomic E-state index is 13.1. The van der Waals surface area contributed by atoms with E-state index in [1.54, 1.807) is 7.11 Å². The highest BCUT2D eigenvalue weighted by atomic mass is 32.1. The Morgan fingerprint density at radius 3 is 2.72 bits per heavy atom. The Hall–Kier alpha value is -3.45. The summed E-state index contributed by atoms with van der Waals surface area (Å²) in [5.74, 6) is 0.240. The van der Waals surface area contributed by atoms with Crippen LogP contribution in [0.3, 0.4) is 0 Å². The Morgan fingerprint density at radius 2 is 1.97 bits per heavy atom. The van der Waals surface area contributed by atoms with Gasteiger partial charge in [-0.05, 0) is 24.6 Å². The Balaban J connectivity index is 1.72. The first kappa shape index (κ1) is 18.9. The zero-order valence-electron chi connectivity index (χ0n) is 16.0. The summed E-state index contributed by atoms with van der Waals surface area (Å²) in [5, 5.41) is 4.73. The molecule has 0 saturated heterocycles. The first-order chi connectivity index (χ1) is 14.1. The van der Waals surface area contributed by atoms with E-state index in [0.29, 0.717) is 16.4 Å². The van der Waals surface area contributed by atoms with Gasteiger partial charge in [0, 0.05) is 17.1 Å². The summed E-state index contributed by atoms with van der Waals surface area (Å²) in [6, 6.07) is 16.8. The lowest BCUT2D eigenvalue weighted by Gasteiger charge is -2.14. The standard InChI is InChI=1S/C22H19N3O3S/c1-14(15-7-4-3-5-8-15)24-20(26)18-12-23-22-25(21(18)27)19(13-29-22)16-9-6-10-17(11-16)28-2/h3-14H,1-2H3,(H,24,26)/t14-/m1/s1. The van der Waals surface area contributed by atoms with Gasteiger partial charge in [0.05, 0.1) is 18.8 Å². The molecule has 2 aromatic heterocycles. The number of hydrogen-bond donors (Lipinski definition) is 1. The van der Waals surface area contributed by atoms with E-state index in [9.17, 15) is 9.59 Å². The second-order valence-corrected chi connectivity index (χ2v) is 7.39. The summed E-state index contributed by atoms with van der Waals surface area (Å²) in [4.78, 5) is 30.8. The molecule has 0 unspecified atom stereocenters. The van der Waals surface area contributed by atoms with Crippen LogP contribution in [0.2, 0.25) is 0 Å². The smallest absolute Gasteiger partial charge is 0.271 e. The Morgan fingerprint density at radius 1 is 1.17 bits per heavy atom. The van der Waals surface area contributed by atoms with E-state index in [4.69, 9.17) is 4.74 Å². The molecule has 0 aliphatic rings. The summed E-state index contributed by atoms with van der Waals surface area (Å²) in [5.41, 5.74) is 2.06. The number of hydrogen-bond acceptors (Lipinski definition) is 5. The van der Waals surface area contributed by atoms with Gasteiger partial charge in [-0.25, -0.2) is 4.98 Å². The van der Waals surface area contributed by atoms with Crippen molar-refractivity contribution in [2.24, 2.45) is 0 Å². The molecule has 2 aromatic carbocycles. The van der Waals surface area contributed by atoms with Gasteiger partial charge >= 0.3 is 0 Å². The van der Waals surface area contributed by atoms with Gasteiger partial charge in [-0.1, -0.05) is 42.5 Å². The third kappa shape index (κ3) is 3.64. The van der Waals surface area contributed by atoms with Crippen molar-refractivity contribution in [2.45, 2.75) is 13.0 Å². The largest absolute Gasteiger partial charge is 0.497 e. The van der Waals surface area contributed by atoms with Crippen molar-refractivity contribution in [1.82, 2.24) is 14.7 Å². The second kappa shape index (κ2) is 7.89. The number of benzene rings is 2. The van der Waals surface area contributed by atoms with Gasteiger partial charge in [0.2, 0.25) is 0 Å². The maximum Gasteiger partial charge on any atom is 0.271 e. The summed E-state index contributed by atoms with van der Waals surface area (Å²) in [7, 11) is 1.59. The molecule has 0 aliphatic heterocycles. The number of nitrogens with one attached hydrogen (secondary N) is 1. The Labute approximate surface area is 171 Å². The van der Waals surface area contributed by atoms with E-state index >= 15 is 0 Å². The highest BCUT2D eigenvalue weighted by Gasteiger charge is 2.19. The van der Waals surface area contributed by atoms with Crippen molar-refractivity contribution in [3.05, 3.63) is 87.7 Å². The van der Waals surface area contributed by atoms with Crippen LogP contribution in [-0.4, -0.2) is 22.4 Å². The average Bonchev–Trinajstić information content (AvgIpc) is 3.19. The molecule has 0 aliphatic carbocycles. The zero-order valence-corrected chi connectivity index (χ0v) is 16.8. The van der Waals surface area contributed by atoms with Crippen LogP contribution < -0.4 is 15.6 Å². The fraction of sp³-hybridized carbons (Fsp3) is 0.136. The van der Waals surface area contributed by atoms with Crippen LogP contribution in [0.4, 0.5) is 0 Å². The molecule has 1 amide bonds. The number of ether oxygens (including phenoxy) is 1. The zero-order chi connectivity index (χ0) is 20.4. The predicted octanol–water partition coefficient (Wildman–Crippen LogP) is 3.92. The lowest BCUT2D eigenvalue weighted by Crippen LogP contribution is -2.33. The van der Waals surface area contributed by atoms with Crippen molar-refractivity contribution in [3.8, 4) is 17.0 Å². The number of rotatable bonds is 5. The molecular weight excluding hydrogens is 386 g/mol. The van der Waals surface area contributed by atoms with Crippen molar-refractivity contribution >= 4 is 22.2 Å². The fourth-order valence-corrected chi connectivity index (χ4v) is 3.99. The van der Waals surface area contributed by atoms with Crippen LogP contribution in [0.15, 0.2) is 71.0 Å². The molecule has 4 aromatic rings. The molecule has 0 spiro atoms. The van der Waals surface area contributed by atoms with Gasteiger partial charge in [-0.2, -0.15) is 0 Å². The minimum atomic E-state index is -0.448. The average molecular weight is 405 g/mol. The van der Waals surface area contributed by atoms with Gasteiger partial charge < -0.3 is 10.1 Å². The summed E-state index contributed by atoms with van der Waals surface area (Å²) in [6.07, 6.45) is 1.34. The third-order valence-electron chi connectivity index (χ3n) is 4.70. The number of methoxy groups -OCH3 is 1. The molecule has 0 saturated carbocycles. The van der Waals surface area contributed by atoms with Gasteiger partial charge in [0.15, 0.2) is 4.96 Å². The third-order valence-corrected chi connectivity index (χ3v) is 5.54. The lowest BCUT2D eigenvalue weighted by molar-refractivity contribution is 0.0938. The predicted molar refractivity (Wildman–Crippen MR) is 114 cm³/mol. The molecular formula is C22H19N3O3S. The molecule has 0 fully saturated rings. The Kier molecular flexibility index (Phi) is 5.14. The van der Waals surface area contributed by atoms with Crippen molar-refractivity contribution < 1.29 is 9.53 Å². The Bertz CT molecular complexity index is 1230. The molecule has 1 atom stereocenters. The molecule has 146 valence electrons. The summed E-state index contributed by atoms with van der Waals surface area (Å²) >= 11 is 1.35. The number of nitrogens with zero attached hydrogens (tertiary/aromatic N) is 2. The molecule has 1 N–H and O–H groups in total. The number of carbonyl (C=O) groups is 1. The fourth-order valence-electron chi connectivity index (χ4n) is 3.13. The monoisotopic (exact) mass is 405 g/mol. The second-order valence-electron chi connectivity index (χ2n) is 6.55. The normalized spacial score (nSPS) is 11.9. The molecule has 0 radical (unpaired) electrons. The maximum atomic E-state index is 13.1. The van der Waals surface area contributed by atoms with Gasteiger partial charge in [-0.3, -0.25) is 14.0 Å². The number of amides is 1. The number of aromatic nitrogens is 2. The first-order valence-electron chi connectivity index (χ1n) is 9.08. The van der Waals surface area contributed by atoms with Crippen LogP contribution in [0.5, 0.6) is 5.75 Å². The molecule has 2 heterocycles. The first-order valence-corrected chi connectivity index (χ1v) is 9.96. The molecule has 0 bridgehead atoms. The van der Waals surface area contributed by atoms with E-state index in [1.807, 2.05) is 66.9 Å². The van der Waals surface area contributed by atoms with E-state index in [2.05, 4.69) is 10.3 Å². The minimum absolute atomic E-state index is 0.00725. The quantitative estimate of drug-likeness (QED) is 0.546. The van der Waals surface area contributed by atoms with Crippen LogP contribution in [0.1, 0.15) is 28.9 Å². The minimum Gasteiger partial charge on any atom is -0.497 e. The van der Waals surface area contributed by atoms with Crippen molar-refractivity contribution in [1.29, 1.82) is 0 Å². The molecule has 29 heavy (non-hydrogen) atoms. The van der Waals surface area contributed by atoms with Crippen LogP contribution >= 0.6 is 11.3 Å². The lowest BCUT2D eigenvalue weighted by atomic mass is 10.1. The number of carbonyl (C=O) groups excluding carboxylic acids is 1. The van der Waals surface area contributed by atoms with E-state index in [1.165, 1.54) is 21.9 Å². The van der Waals surface area contributed by atoms with Crippen molar-refractivity contribution in [3.63, 3.8) is 0 Å². The SMILES string of the molecule is COc1cccc(-c2csc3ncc(C(=O)N[C@H](C)c4ccccc4)c(=O)n23)c1. The van der Waals surface area contributed by atoms with Gasteiger partial charge in [0.1, 0.15) is 11.3 Å². The number of thiazole rings is 1. The topological polar surface area (TPSA) is 72.7 Å². The molecule has 6 nitrogen and oxygen atoms in total. The number of fused-ring (bicyclic) bond motifs is 1. The van der Waals surface area contributed by atoms with E-state index in [0.717, 1.165) is 11.1 Å². The van der Waals surface area contributed by atoms with Crippen LogP contribution in [0.25, 0.3) is 16.2 Å². The summed E-state index contributed by atoms with van der Waals surface area (Å²) in [6.45, 7) is 1.88. The highest BCUT2D eigenvalue weighted by Crippen LogP contribution is 2.27. The van der Waals surface area contributed by atoms with E-state index < -0.39 is 11.5 Å². The van der Waals surface area contributed by atoms with E-state index in [-0.39, 0.29) is 11.6 Å². The molecule has 7 heteroatoms. The summed E-state index contributed by atoms with van der Waals surface area (Å²) < 4.78 is 6.75. The van der Waals surface area contributed by atoms with Crippen LogP contribution in [0, 0.1) is 0 Å². The van der Waals surface area contributed by atoms with Crippen molar-refractivity contribution in [2.75, 3.05) is 7.11 Å². The van der Waals surface area contributed by atoms with Gasteiger partial charge in [0.25, 0.3) is 11.5 Å². The van der Waals surface area contributed by atoms with Crippen LogP contribution in [-0.2, 0) is 0 Å². The van der Waals surface area contributed by atoms with Gasteiger partial charge in [-0.15, -0.1) is 11.3 Å².